The van der Waals surface area contributed by atoms with E-state index in [1.807, 2.05) is 19.0 Å². The zero-order chi connectivity index (χ0) is 12.1. The van der Waals surface area contributed by atoms with E-state index in [4.69, 9.17) is 0 Å². The molecule has 0 radical (unpaired) electrons. The summed E-state index contributed by atoms with van der Waals surface area (Å²) in [5.74, 6) is -0.367. The van der Waals surface area contributed by atoms with Gasteiger partial charge in [-0.25, -0.2) is 4.79 Å². The number of likely N-dealkylation sites (N-methyl/N-ethyl adjacent to an activating group) is 1. The van der Waals surface area contributed by atoms with Gasteiger partial charge in [-0.2, -0.15) is 0 Å². The average Bonchev–Trinajstić information content (AvgIpc) is 2.27. The van der Waals surface area contributed by atoms with E-state index in [1.165, 1.54) is 7.11 Å². The van der Waals surface area contributed by atoms with Gasteiger partial charge in [-0.15, -0.1) is 0 Å². The molecule has 0 fully saturated rings. The van der Waals surface area contributed by atoms with Crippen LogP contribution in [0, 0.1) is 0 Å². The van der Waals surface area contributed by atoms with Gasteiger partial charge in [0.05, 0.1) is 18.8 Å². The van der Waals surface area contributed by atoms with Gasteiger partial charge in [-0.1, -0.05) is 12.1 Å². The number of carbonyl (C=O) groups is 1. The number of ether oxygens (including phenoxy) is 1. The number of rotatable bonds is 4. The Labute approximate surface area is 95.5 Å². The van der Waals surface area contributed by atoms with Crippen LogP contribution in [0.2, 0.25) is 0 Å². The van der Waals surface area contributed by atoms with E-state index in [1.54, 1.807) is 24.3 Å². The lowest BCUT2D eigenvalue weighted by Crippen LogP contribution is -2.20. The summed E-state index contributed by atoms with van der Waals surface area (Å²) in [6.07, 6.45) is -0.540. The lowest BCUT2D eigenvalue weighted by atomic mass is 10.1. The molecular weight excluding hydrogens is 206 g/mol. The van der Waals surface area contributed by atoms with E-state index < -0.39 is 6.10 Å². The third-order valence-electron chi connectivity index (χ3n) is 2.25. The largest absolute Gasteiger partial charge is 0.465 e. The topological polar surface area (TPSA) is 49.8 Å². The Hall–Kier alpha value is -1.39. The Morgan fingerprint density at radius 2 is 1.94 bits per heavy atom. The van der Waals surface area contributed by atoms with Crippen LogP contribution in [-0.4, -0.2) is 43.7 Å². The van der Waals surface area contributed by atoms with E-state index in [9.17, 15) is 9.90 Å². The Kier molecular flexibility index (Phi) is 4.46. The molecule has 0 aromatic heterocycles. The highest BCUT2D eigenvalue weighted by atomic mass is 16.5. The molecule has 0 aliphatic carbocycles. The molecule has 4 heteroatoms. The lowest BCUT2D eigenvalue weighted by Gasteiger charge is -2.16. The van der Waals surface area contributed by atoms with Crippen LogP contribution in [0.3, 0.4) is 0 Å². The first-order valence-electron chi connectivity index (χ1n) is 5.05. The van der Waals surface area contributed by atoms with Crippen LogP contribution in [0.4, 0.5) is 0 Å². The van der Waals surface area contributed by atoms with E-state index in [-0.39, 0.29) is 5.97 Å². The normalized spacial score (nSPS) is 12.6. The molecule has 1 N–H and O–H groups in total. The molecule has 0 amide bonds. The highest BCUT2D eigenvalue weighted by Gasteiger charge is 2.10. The van der Waals surface area contributed by atoms with Crippen molar-refractivity contribution < 1.29 is 14.6 Å². The maximum atomic E-state index is 11.2. The number of hydrogen-bond donors (Lipinski definition) is 1. The van der Waals surface area contributed by atoms with Gasteiger partial charge < -0.3 is 14.7 Å². The third-order valence-corrected chi connectivity index (χ3v) is 2.25. The first kappa shape index (κ1) is 12.7. The number of aliphatic hydroxyl groups is 1. The molecule has 88 valence electrons. The first-order chi connectivity index (χ1) is 7.54. The van der Waals surface area contributed by atoms with Gasteiger partial charge >= 0.3 is 5.97 Å². The van der Waals surface area contributed by atoms with Crippen molar-refractivity contribution in [3.8, 4) is 0 Å². The quantitative estimate of drug-likeness (QED) is 0.776. The highest BCUT2D eigenvalue weighted by molar-refractivity contribution is 5.89. The zero-order valence-electron chi connectivity index (χ0n) is 9.80. The summed E-state index contributed by atoms with van der Waals surface area (Å²) < 4.78 is 4.59. The predicted octanol–water partition coefficient (Wildman–Crippen LogP) is 1.07. The number of hydrogen-bond acceptors (Lipinski definition) is 4. The fourth-order valence-corrected chi connectivity index (χ4v) is 1.41. The van der Waals surface area contributed by atoms with Crippen LogP contribution >= 0.6 is 0 Å². The second-order valence-corrected chi connectivity index (χ2v) is 3.89. The summed E-state index contributed by atoms with van der Waals surface area (Å²) in [6, 6.07) is 6.78. The van der Waals surface area contributed by atoms with Crippen LogP contribution in [0.15, 0.2) is 24.3 Å². The molecule has 4 nitrogen and oxygen atoms in total. The Morgan fingerprint density at radius 3 is 2.38 bits per heavy atom. The first-order valence-corrected chi connectivity index (χ1v) is 5.05. The van der Waals surface area contributed by atoms with Gasteiger partial charge in [-0.3, -0.25) is 0 Å². The molecule has 0 bridgehead atoms. The molecule has 0 saturated heterocycles. The minimum absolute atomic E-state index is 0.367. The van der Waals surface area contributed by atoms with Crippen LogP contribution in [0.1, 0.15) is 22.0 Å². The number of aliphatic hydroxyl groups excluding tert-OH is 1. The fourth-order valence-electron chi connectivity index (χ4n) is 1.41. The number of methoxy groups -OCH3 is 1. The van der Waals surface area contributed by atoms with Crippen molar-refractivity contribution in [3.63, 3.8) is 0 Å². The highest BCUT2D eigenvalue weighted by Crippen LogP contribution is 2.14. The Balaban J connectivity index is 2.74. The SMILES string of the molecule is COC(=O)c1ccc(C(O)CN(C)C)cc1. The van der Waals surface area contributed by atoms with Crippen LogP contribution in [0.5, 0.6) is 0 Å². The van der Waals surface area contributed by atoms with Gasteiger partial charge in [0.25, 0.3) is 0 Å². The van der Waals surface area contributed by atoms with Crippen molar-refractivity contribution in [3.05, 3.63) is 35.4 Å². The molecular formula is C12H17NO3. The minimum atomic E-state index is -0.540. The number of nitrogens with zero attached hydrogens (tertiary/aromatic N) is 1. The van der Waals surface area contributed by atoms with E-state index in [0.717, 1.165) is 5.56 Å². The van der Waals surface area contributed by atoms with Gasteiger partial charge in [0, 0.05) is 6.54 Å². The predicted molar refractivity (Wildman–Crippen MR) is 61.3 cm³/mol. The van der Waals surface area contributed by atoms with Crippen molar-refractivity contribution in [2.45, 2.75) is 6.10 Å². The molecule has 16 heavy (non-hydrogen) atoms. The summed E-state index contributed by atoms with van der Waals surface area (Å²) in [6.45, 7) is 0.553. The standard InChI is InChI=1S/C12H17NO3/c1-13(2)8-11(14)9-4-6-10(7-5-9)12(15)16-3/h4-7,11,14H,8H2,1-3H3. The Bertz CT molecular complexity index is 346. The molecule has 0 saturated carbocycles. The smallest absolute Gasteiger partial charge is 0.337 e. The zero-order valence-corrected chi connectivity index (χ0v) is 9.80. The van der Waals surface area contributed by atoms with Crippen molar-refractivity contribution >= 4 is 5.97 Å². The molecule has 1 aromatic rings. The third kappa shape index (κ3) is 3.32. The van der Waals surface area contributed by atoms with Crippen LogP contribution < -0.4 is 0 Å². The summed E-state index contributed by atoms with van der Waals surface area (Å²) in [5.41, 5.74) is 1.28. The lowest BCUT2D eigenvalue weighted by molar-refractivity contribution is 0.0600. The summed E-state index contributed by atoms with van der Waals surface area (Å²) in [7, 11) is 5.13. The average molecular weight is 223 g/mol. The van der Waals surface area contributed by atoms with E-state index in [0.29, 0.717) is 12.1 Å². The van der Waals surface area contributed by atoms with Crippen LogP contribution in [-0.2, 0) is 4.74 Å². The van der Waals surface area contributed by atoms with Gasteiger partial charge in [0.15, 0.2) is 0 Å². The van der Waals surface area contributed by atoms with Gasteiger partial charge in [-0.05, 0) is 31.8 Å². The molecule has 1 rings (SSSR count). The Morgan fingerprint density at radius 1 is 1.38 bits per heavy atom. The molecule has 0 spiro atoms. The van der Waals surface area contributed by atoms with Gasteiger partial charge in [0.1, 0.15) is 0 Å². The fraction of sp³-hybridized carbons (Fsp3) is 0.417. The molecule has 0 heterocycles. The van der Waals surface area contributed by atoms with Crippen molar-refractivity contribution in [1.29, 1.82) is 0 Å². The maximum Gasteiger partial charge on any atom is 0.337 e. The summed E-state index contributed by atoms with van der Waals surface area (Å²) in [5, 5.41) is 9.82. The van der Waals surface area contributed by atoms with Crippen molar-refractivity contribution in [2.24, 2.45) is 0 Å². The summed E-state index contributed by atoms with van der Waals surface area (Å²) >= 11 is 0. The van der Waals surface area contributed by atoms with E-state index >= 15 is 0 Å². The van der Waals surface area contributed by atoms with Crippen molar-refractivity contribution in [2.75, 3.05) is 27.7 Å². The number of esters is 1. The molecule has 1 unspecified atom stereocenters. The number of benzene rings is 1. The van der Waals surface area contributed by atoms with Crippen molar-refractivity contribution in [1.82, 2.24) is 4.90 Å². The second-order valence-electron chi connectivity index (χ2n) is 3.89. The van der Waals surface area contributed by atoms with E-state index in [2.05, 4.69) is 4.74 Å². The number of carbonyl (C=O) groups excluding carboxylic acids is 1. The van der Waals surface area contributed by atoms with Gasteiger partial charge in [0.2, 0.25) is 0 Å². The molecule has 1 atom stereocenters. The monoisotopic (exact) mass is 223 g/mol. The molecule has 0 aliphatic rings. The molecule has 1 aromatic carbocycles. The van der Waals surface area contributed by atoms with Crippen LogP contribution in [0.25, 0.3) is 0 Å². The second kappa shape index (κ2) is 5.63. The minimum Gasteiger partial charge on any atom is -0.465 e. The summed E-state index contributed by atoms with van der Waals surface area (Å²) in [4.78, 5) is 13.1. The maximum absolute atomic E-state index is 11.2. The molecule has 0 aliphatic heterocycles.